The fourth-order valence-electron chi connectivity index (χ4n) is 2.88. The van der Waals surface area contributed by atoms with Crippen molar-refractivity contribution in [1.29, 1.82) is 0 Å². The monoisotopic (exact) mass is 364 g/mol. The fourth-order valence-corrected chi connectivity index (χ4v) is 3.95. The van der Waals surface area contributed by atoms with Gasteiger partial charge in [-0.1, -0.05) is 48.7 Å². The van der Waals surface area contributed by atoms with Crippen molar-refractivity contribution in [2.24, 2.45) is 0 Å². The summed E-state index contributed by atoms with van der Waals surface area (Å²) in [5, 5.41) is 3.63. The summed E-state index contributed by atoms with van der Waals surface area (Å²) in [6.07, 6.45) is 2.01. The number of carbonyl (C=O) groups excluding carboxylic acids is 1. The first-order valence-electron chi connectivity index (χ1n) is 8.93. The maximum absolute atomic E-state index is 12.5. The zero-order valence-corrected chi connectivity index (χ0v) is 16.5. The second-order valence-corrected chi connectivity index (χ2v) is 7.76. The molecule has 0 bridgehead atoms. The van der Waals surface area contributed by atoms with Crippen molar-refractivity contribution >= 4 is 22.4 Å². The minimum atomic E-state index is -0.116. The molecule has 1 aromatic heterocycles. The zero-order chi connectivity index (χ0) is 18.7. The lowest BCUT2D eigenvalue weighted by Crippen LogP contribution is -2.11. The van der Waals surface area contributed by atoms with E-state index < -0.39 is 0 Å². The Labute approximate surface area is 159 Å². The summed E-state index contributed by atoms with van der Waals surface area (Å²) in [6.45, 7) is 8.37. The summed E-state index contributed by atoms with van der Waals surface area (Å²) in [5.41, 5.74) is 6.35. The second kappa shape index (κ2) is 7.83. The van der Waals surface area contributed by atoms with Gasteiger partial charge in [0.05, 0.1) is 5.69 Å². The summed E-state index contributed by atoms with van der Waals surface area (Å²) < 4.78 is 0. The Morgan fingerprint density at radius 3 is 2.42 bits per heavy atom. The van der Waals surface area contributed by atoms with Crippen molar-refractivity contribution in [3.63, 3.8) is 0 Å². The minimum Gasteiger partial charge on any atom is -0.298 e. The molecule has 134 valence electrons. The molecule has 0 aliphatic heterocycles. The van der Waals surface area contributed by atoms with Crippen LogP contribution in [0.25, 0.3) is 11.3 Å². The zero-order valence-electron chi connectivity index (χ0n) is 15.7. The largest absolute Gasteiger partial charge is 0.298 e. The number of hydrogen-bond donors (Lipinski definition) is 1. The van der Waals surface area contributed by atoms with Gasteiger partial charge in [0.2, 0.25) is 0 Å². The van der Waals surface area contributed by atoms with Crippen LogP contribution in [-0.4, -0.2) is 10.9 Å². The number of anilines is 1. The van der Waals surface area contributed by atoms with Gasteiger partial charge in [0.25, 0.3) is 5.91 Å². The lowest BCUT2D eigenvalue weighted by atomic mass is 10.0. The average molecular weight is 365 g/mol. The maximum atomic E-state index is 12.5. The van der Waals surface area contributed by atoms with E-state index in [-0.39, 0.29) is 5.91 Å². The highest BCUT2D eigenvalue weighted by Gasteiger charge is 2.16. The highest BCUT2D eigenvalue weighted by atomic mass is 32.1. The Morgan fingerprint density at radius 1 is 1.04 bits per heavy atom. The molecule has 0 saturated heterocycles. The van der Waals surface area contributed by atoms with Gasteiger partial charge in [0, 0.05) is 16.0 Å². The molecule has 0 atom stereocenters. The lowest BCUT2D eigenvalue weighted by Gasteiger charge is -2.06. The van der Waals surface area contributed by atoms with Crippen LogP contribution in [0.1, 0.15) is 45.3 Å². The van der Waals surface area contributed by atoms with E-state index in [1.807, 2.05) is 31.2 Å². The first kappa shape index (κ1) is 18.3. The molecule has 1 heterocycles. The Hall–Kier alpha value is -2.46. The van der Waals surface area contributed by atoms with Crippen molar-refractivity contribution in [1.82, 2.24) is 4.98 Å². The second-order valence-electron chi connectivity index (χ2n) is 6.68. The van der Waals surface area contributed by atoms with Gasteiger partial charge >= 0.3 is 0 Å². The van der Waals surface area contributed by atoms with Crippen molar-refractivity contribution in [3.05, 3.63) is 69.6 Å². The van der Waals surface area contributed by atoms with Gasteiger partial charge in [-0.15, -0.1) is 11.3 Å². The average Bonchev–Trinajstić information content (AvgIpc) is 3.00. The van der Waals surface area contributed by atoms with Crippen LogP contribution in [-0.2, 0) is 6.42 Å². The SMILES string of the molecule is CCCc1sc(NC(=O)c2ccc(C)cc2)nc1-c1cc(C)ccc1C. The van der Waals surface area contributed by atoms with E-state index in [9.17, 15) is 4.79 Å². The van der Waals surface area contributed by atoms with Crippen LogP contribution in [0.3, 0.4) is 0 Å². The molecule has 0 radical (unpaired) electrons. The predicted octanol–water partition coefficient (Wildman–Crippen LogP) is 5.94. The van der Waals surface area contributed by atoms with Crippen LogP contribution in [0.4, 0.5) is 5.13 Å². The first-order chi connectivity index (χ1) is 12.5. The van der Waals surface area contributed by atoms with E-state index in [4.69, 9.17) is 4.98 Å². The van der Waals surface area contributed by atoms with E-state index >= 15 is 0 Å². The molecule has 0 fully saturated rings. The third-order valence-electron chi connectivity index (χ3n) is 4.36. The smallest absolute Gasteiger partial charge is 0.257 e. The third kappa shape index (κ3) is 4.02. The maximum Gasteiger partial charge on any atom is 0.257 e. The highest BCUT2D eigenvalue weighted by molar-refractivity contribution is 7.16. The molecule has 4 heteroatoms. The third-order valence-corrected chi connectivity index (χ3v) is 5.39. The van der Waals surface area contributed by atoms with Crippen molar-refractivity contribution in [2.45, 2.75) is 40.5 Å². The number of nitrogens with one attached hydrogen (secondary N) is 1. The molecule has 0 spiro atoms. The van der Waals surface area contributed by atoms with Crippen molar-refractivity contribution in [2.75, 3.05) is 5.32 Å². The van der Waals surface area contributed by atoms with Crippen LogP contribution < -0.4 is 5.32 Å². The molecule has 26 heavy (non-hydrogen) atoms. The van der Waals surface area contributed by atoms with Crippen molar-refractivity contribution in [3.8, 4) is 11.3 Å². The van der Waals surface area contributed by atoms with Gasteiger partial charge in [0.15, 0.2) is 5.13 Å². The van der Waals surface area contributed by atoms with Crippen LogP contribution in [0.5, 0.6) is 0 Å². The van der Waals surface area contributed by atoms with Gasteiger partial charge in [-0.25, -0.2) is 4.98 Å². The quantitative estimate of drug-likeness (QED) is 0.609. The molecule has 1 N–H and O–H groups in total. The van der Waals surface area contributed by atoms with Gasteiger partial charge in [-0.2, -0.15) is 0 Å². The summed E-state index contributed by atoms with van der Waals surface area (Å²) >= 11 is 1.58. The predicted molar refractivity (Wildman–Crippen MR) is 110 cm³/mol. The Kier molecular flexibility index (Phi) is 5.52. The molecule has 0 saturated carbocycles. The number of nitrogens with zero attached hydrogens (tertiary/aromatic N) is 1. The summed E-state index contributed by atoms with van der Waals surface area (Å²) in [6, 6.07) is 14.0. The van der Waals surface area contributed by atoms with Crippen molar-refractivity contribution < 1.29 is 4.79 Å². The molecule has 1 amide bonds. The Bertz CT molecular complexity index is 926. The van der Waals surface area contributed by atoms with Gasteiger partial charge in [-0.3, -0.25) is 10.1 Å². The normalized spacial score (nSPS) is 10.8. The van der Waals surface area contributed by atoms with Gasteiger partial charge in [-0.05, 0) is 51.0 Å². The van der Waals surface area contributed by atoms with E-state index in [0.29, 0.717) is 10.7 Å². The number of aryl methyl sites for hydroxylation is 4. The summed E-state index contributed by atoms with van der Waals surface area (Å²) in [7, 11) is 0. The van der Waals surface area contributed by atoms with E-state index in [1.54, 1.807) is 11.3 Å². The van der Waals surface area contributed by atoms with E-state index in [2.05, 4.69) is 44.3 Å². The molecule has 0 aliphatic rings. The molecule has 3 aromatic rings. The molecular formula is C22H24N2OS. The molecule has 0 unspecified atom stereocenters. The number of aromatic nitrogens is 1. The minimum absolute atomic E-state index is 0.116. The molecule has 2 aromatic carbocycles. The lowest BCUT2D eigenvalue weighted by molar-refractivity contribution is 0.102. The molecule has 3 nitrogen and oxygen atoms in total. The van der Waals surface area contributed by atoms with Gasteiger partial charge in [0.1, 0.15) is 0 Å². The highest BCUT2D eigenvalue weighted by Crippen LogP contribution is 2.34. The molecular weight excluding hydrogens is 340 g/mol. The summed E-state index contributed by atoms with van der Waals surface area (Å²) in [4.78, 5) is 18.5. The fraction of sp³-hybridized carbons (Fsp3) is 0.273. The van der Waals surface area contributed by atoms with Crippen LogP contribution >= 0.6 is 11.3 Å². The number of benzene rings is 2. The number of rotatable bonds is 5. The number of thiazole rings is 1. The first-order valence-corrected chi connectivity index (χ1v) is 9.75. The van der Waals surface area contributed by atoms with Gasteiger partial charge < -0.3 is 0 Å². The number of amides is 1. The standard InChI is InChI=1S/C22H24N2OS/c1-5-6-19-20(18-13-15(3)7-10-16(18)4)23-22(26-19)24-21(25)17-11-8-14(2)9-12-17/h7-13H,5-6H2,1-4H3,(H,23,24,25). The Balaban J connectivity index is 1.93. The number of hydrogen-bond acceptors (Lipinski definition) is 3. The van der Waals surface area contributed by atoms with Crippen LogP contribution in [0.2, 0.25) is 0 Å². The topological polar surface area (TPSA) is 42.0 Å². The Morgan fingerprint density at radius 2 is 1.73 bits per heavy atom. The van der Waals surface area contributed by atoms with E-state index in [0.717, 1.165) is 29.7 Å². The molecule has 3 rings (SSSR count). The summed E-state index contributed by atoms with van der Waals surface area (Å²) in [5.74, 6) is -0.116. The number of carbonyl (C=O) groups is 1. The van der Waals surface area contributed by atoms with Crippen LogP contribution in [0, 0.1) is 20.8 Å². The van der Waals surface area contributed by atoms with E-state index in [1.165, 1.54) is 16.0 Å². The molecule has 0 aliphatic carbocycles. The van der Waals surface area contributed by atoms with Crippen LogP contribution in [0.15, 0.2) is 42.5 Å².